The SMILES string of the molecule is CCC(=O)NC(c1ccccc1)c1ccc(C)c(C)c1. The molecule has 2 aromatic rings. The summed E-state index contributed by atoms with van der Waals surface area (Å²) >= 11 is 0. The molecule has 0 aliphatic rings. The predicted molar refractivity (Wildman–Crippen MR) is 82.6 cm³/mol. The van der Waals surface area contributed by atoms with Crippen LogP contribution in [0, 0.1) is 13.8 Å². The van der Waals surface area contributed by atoms with E-state index in [0.29, 0.717) is 6.42 Å². The first kappa shape index (κ1) is 14.3. The number of amides is 1. The molecule has 20 heavy (non-hydrogen) atoms. The second-order valence-corrected chi connectivity index (χ2v) is 5.11. The van der Waals surface area contributed by atoms with E-state index in [-0.39, 0.29) is 11.9 Å². The molecule has 0 spiro atoms. The predicted octanol–water partition coefficient (Wildman–Crippen LogP) is 3.92. The lowest BCUT2D eigenvalue weighted by Crippen LogP contribution is -2.28. The van der Waals surface area contributed by atoms with Gasteiger partial charge in [0.1, 0.15) is 0 Å². The van der Waals surface area contributed by atoms with E-state index in [9.17, 15) is 4.79 Å². The summed E-state index contributed by atoms with van der Waals surface area (Å²) in [6.07, 6.45) is 0.494. The fraction of sp³-hybridized carbons (Fsp3) is 0.278. The van der Waals surface area contributed by atoms with Crippen molar-refractivity contribution in [3.05, 3.63) is 70.8 Å². The molecular weight excluding hydrogens is 246 g/mol. The van der Waals surface area contributed by atoms with E-state index in [1.165, 1.54) is 11.1 Å². The Labute approximate surface area is 120 Å². The van der Waals surface area contributed by atoms with E-state index in [4.69, 9.17) is 0 Å². The second-order valence-electron chi connectivity index (χ2n) is 5.11. The van der Waals surface area contributed by atoms with Crippen molar-refractivity contribution in [3.8, 4) is 0 Å². The van der Waals surface area contributed by atoms with Crippen LogP contribution in [0.1, 0.15) is 41.6 Å². The summed E-state index contributed by atoms with van der Waals surface area (Å²) in [6, 6.07) is 16.4. The van der Waals surface area contributed by atoms with E-state index in [1.54, 1.807) is 0 Å². The van der Waals surface area contributed by atoms with Crippen molar-refractivity contribution < 1.29 is 4.79 Å². The molecule has 0 aromatic heterocycles. The Morgan fingerprint density at radius 3 is 2.30 bits per heavy atom. The lowest BCUT2D eigenvalue weighted by atomic mass is 9.95. The van der Waals surface area contributed by atoms with Crippen LogP contribution < -0.4 is 5.32 Å². The van der Waals surface area contributed by atoms with Gasteiger partial charge in [-0.3, -0.25) is 4.79 Å². The Morgan fingerprint density at radius 2 is 1.70 bits per heavy atom. The van der Waals surface area contributed by atoms with Crippen LogP contribution in [-0.2, 0) is 4.79 Å². The van der Waals surface area contributed by atoms with Crippen molar-refractivity contribution in [2.24, 2.45) is 0 Å². The van der Waals surface area contributed by atoms with Crippen LogP contribution in [0.5, 0.6) is 0 Å². The number of carbonyl (C=O) groups excluding carboxylic acids is 1. The lowest BCUT2D eigenvalue weighted by molar-refractivity contribution is -0.121. The largest absolute Gasteiger partial charge is 0.345 e. The summed E-state index contributed by atoms with van der Waals surface area (Å²) in [4.78, 5) is 11.8. The molecule has 0 saturated heterocycles. The first-order chi connectivity index (χ1) is 9.61. The third-order valence-electron chi connectivity index (χ3n) is 3.62. The van der Waals surface area contributed by atoms with Crippen LogP contribution in [0.2, 0.25) is 0 Å². The number of rotatable bonds is 4. The maximum atomic E-state index is 11.8. The standard InChI is InChI=1S/C18H21NO/c1-4-17(20)19-18(15-8-6-5-7-9-15)16-11-10-13(2)14(3)12-16/h5-12,18H,4H2,1-3H3,(H,19,20). The normalized spacial score (nSPS) is 11.9. The van der Waals surface area contributed by atoms with Gasteiger partial charge in [0.25, 0.3) is 0 Å². The van der Waals surface area contributed by atoms with Crippen molar-refractivity contribution >= 4 is 5.91 Å². The molecule has 2 nitrogen and oxygen atoms in total. The fourth-order valence-electron chi connectivity index (χ4n) is 2.21. The maximum Gasteiger partial charge on any atom is 0.220 e. The van der Waals surface area contributed by atoms with Gasteiger partial charge in [0.05, 0.1) is 6.04 Å². The molecule has 0 radical (unpaired) electrons. The summed E-state index contributed by atoms with van der Waals surface area (Å²) < 4.78 is 0. The maximum absolute atomic E-state index is 11.8. The molecule has 0 fully saturated rings. The van der Waals surface area contributed by atoms with Gasteiger partial charge in [0.15, 0.2) is 0 Å². The van der Waals surface area contributed by atoms with Gasteiger partial charge in [-0.15, -0.1) is 0 Å². The van der Waals surface area contributed by atoms with Gasteiger partial charge in [0.2, 0.25) is 5.91 Å². The average Bonchev–Trinajstić information content (AvgIpc) is 2.48. The topological polar surface area (TPSA) is 29.1 Å². The molecule has 1 amide bonds. The molecule has 0 heterocycles. The summed E-state index contributed by atoms with van der Waals surface area (Å²) in [5.41, 5.74) is 4.75. The highest BCUT2D eigenvalue weighted by atomic mass is 16.1. The van der Waals surface area contributed by atoms with E-state index in [2.05, 4.69) is 49.5 Å². The van der Waals surface area contributed by atoms with Crippen molar-refractivity contribution in [2.75, 3.05) is 0 Å². The zero-order valence-corrected chi connectivity index (χ0v) is 12.3. The third-order valence-corrected chi connectivity index (χ3v) is 3.62. The van der Waals surface area contributed by atoms with Gasteiger partial charge >= 0.3 is 0 Å². The summed E-state index contributed by atoms with van der Waals surface area (Å²) in [6.45, 7) is 6.07. The summed E-state index contributed by atoms with van der Waals surface area (Å²) in [5.74, 6) is 0.0667. The second kappa shape index (κ2) is 6.38. The molecule has 2 heteroatoms. The Bertz CT molecular complexity index is 590. The van der Waals surface area contributed by atoms with Gasteiger partial charge in [-0.2, -0.15) is 0 Å². The first-order valence-electron chi connectivity index (χ1n) is 7.03. The molecule has 1 atom stereocenters. The van der Waals surface area contributed by atoms with Crippen molar-refractivity contribution in [1.29, 1.82) is 0 Å². The van der Waals surface area contributed by atoms with E-state index < -0.39 is 0 Å². The van der Waals surface area contributed by atoms with Gasteiger partial charge in [-0.05, 0) is 36.1 Å². The molecule has 0 saturated carbocycles. The van der Waals surface area contributed by atoms with Crippen LogP contribution in [0.3, 0.4) is 0 Å². The number of nitrogens with one attached hydrogen (secondary N) is 1. The zero-order valence-electron chi connectivity index (χ0n) is 12.3. The number of hydrogen-bond donors (Lipinski definition) is 1. The molecule has 0 aliphatic carbocycles. The number of hydrogen-bond acceptors (Lipinski definition) is 1. The summed E-state index contributed by atoms with van der Waals surface area (Å²) in [7, 11) is 0. The quantitative estimate of drug-likeness (QED) is 0.893. The van der Waals surface area contributed by atoms with Crippen molar-refractivity contribution in [2.45, 2.75) is 33.2 Å². The number of aryl methyl sites for hydroxylation is 2. The van der Waals surface area contributed by atoms with Crippen molar-refractivity contribution in [1.82, 2.24) is 5.32 Å². The lowest BCUT2D eigenvalue weighted by Gasteiger charge is -2.20. The molecule has 1 N–H and O–H groups in total. The Kier molecular flexibility index (Phi) is 4.57. The van der Waals surface area contributed by atoms with Crippen LogP contribution in [0.25, 0.3) is 0 Å². The molecular formula is C18H21NO. The van der Waals surface area contributed by atoms with Crippen LogP contribution in [0.4, 0.5) is 0 Å². The van der Waals surface area contributed by atoms with Crippen molar-refractivity contribution in [3.63, 3.8) is 0 Å². The van der Waals surface area contributed by atoms with Gasteiger partial charge in [-0.1, -0.05) is 55.5 Å². The minimum absolute atomic E-state index is 0.0667. The smallest absolute Gasteiger partial charge is 0.220 e. The van der Waals surface area contributed by atoms with E-state index in [0.717, 1.165) is 11.1 Å². The Balaban J connectivity index is 2.40. The summed E-state index contributed by atoms with van der Waals surface area (Å²) in [5, 5.41) is 3.11. The van der Waals surface area contributed by atoms with Gasteiger partial charge in [0, 0.05) is 6.42 Å². The minimum Gasteiger partial charge on any atom is -0.345 e. The van der Waals surface area contributed by atoms with Crippen LogP contribution in [0.15, 0.2) is 48.5 Å². The average molecular weight is 267 g/mol. The Hall–Kier alpha value is -2.09. The van der Waals surface area contributed by atoms with E-state index >= 15 is 0 Å². The number of benzene rings is 2. The highest BCUT2D eigenvalue weighted by Crippen LogP contribution is 2.24. The molecule has 104 valence electrons. The highest BCUT2D eigenvalue weighted by Gasteiger charge is 2.16. The minimum atomic E-state index is -0.0806. The third kappa shape index (κ3) is 3.27. The number of carbonyl (C=O) groups is 1. The molecule has 0 bridgehead atoms. The first-order valence-corrected chi connectivity index (χ1v) is 7.03. The van der Waals surface area contributed by atoms with E-state index in [1.807, 2.05) is 25.1 Å². The Morgan fingerprint density at radius 1 is 1.00 bits per heavy atom. The fourth-order valence-corrected chi connectivity index (χ4v) is 2.21. The molecule has 1 unspecified atom stereocenters. The zero-order chi connectivity index (χ0) is 14.5. The van der Waals surface area contributed by atoms with Gasteiger partial charge < -0.3 is 5.32 Å². The molecule has 0 aliphatic heterocycles. The van der Waals surface area contributed by atoms with Crippen LogP contribution >= 0.6 is 0 Å². The van der Waals surface area contributed by atoms with Crippen LogP contribution in [-0.4, -0.2) is 5.91 Å². The molecule has 2 aromatic carbocycles. The monoisotopic (exact) mass is 267 g/mol. The molecule has 2 rings (SSSR count). The van der Waals surface area contributed by atoms with Gasteiger partial charge in [-0.25, -0.2) is 0 Å². The highest BCUT2D eigenvalue weighted by molar-refractivity contribution is 5.76.